The molecular weight excluding hydrogens is 442 g/mol. The summed E-state index contributed by atoms with van der Waals surface area (Å²) in [5, 5.41) is 4.75. The predicted octanol–water partition coefficient (Wildman–Crippen LogP) is 2.91. The number of nitrogens with zero attached hydrogens (tertiary/aromatic N) is 5. The predicted molar refractivity (Wildman–Crippen MR) is 136 cm³/mol. The normalized spacial score (nSPS) is 38.3. The molecular formula is C27H41N5OS. The fraction of sp³-hybridized carbons (Fsp3) is 0.852. The lowest BCUT2D eigenvalue weighted by Gasteiger charge is -2.58. The summed E-state index contributed by atoms with van der Waals surface area (Å²) in [4.78, 5) is 21.0. The maximum atomic E-state index is 13.3. The van der Waals surface area contributed by atoms with Crippen LogP contribution in [0, 0.1) is 23.7 Å². The van der Waals surface area contributed by atoms with E-state index in [0.717, 1.165) is 72.8 Å². The smallest absolute Gasteiger partial charge is 0.274 e. The summed E-state index contributed by atoms with van der Waals surface area (Å²) >= 11 is 1.95. The third kappa shape index (κ3) is 3.76. The van der Waals surface area contributed by atoms with Gasteiger partial charge in [0, 0.05) is 81.2 Å². The Morgan fingerprint density at radius 1 is 0.882 bits per heavy atom. The van der Waals surface area contributed by atoms with Crippen LogP contribution in [0.5, 0.6) is 0 Å². The minimum absolute atomic E-state index is 0.171. The molecule has 0 radical (unpaired) electrons. The van der Waals surface area contributed by atoms with Crippen molar-refractivity contribution in [2.24, 2.45) is 30.7 Å². The third-order valence-electron chi connectivity index (χ3n) is 10.4. The molecule has 6 fully saturated rings. The Balaban J connectivity index is 1.02. The van der Waals surface area contributed by atoms with Gasteiger partial charge in [-0.3, -0.25) is 19.3 Å². The van der Waals surface area contributed by atoms with Crippen molar-refractivity contribution in [1.29, 1.82) is 0 Å². The summed E-state index contributed by atoms with van der Waals surface area (Å²) in [6.45, 7) is 6.64. The molecule has 8 rings (SSSR count). The van der Waals surface area contributed by atoms with Gasteiger partial charge < -0.3 is 4.90 Å². The van der Waals surface area contributed by atoms with E-state index in [1.807, 2.05) is 28.4 Å². The second kappa shape index (κ2) is 8.81. The van der Waals surface area contributed by atoms with Crippen molar-refractivity contribution in [3.8, 4) is 0 Å². The van der Waals surface area contributed by atoms with Gasteiger partial charge in [-0.15, -0.1) is 0 Å². The fourth-order valence-electron chi connectivity index (χ4n) is 9.06. The van der Waals surface area contributed by atoms with Crippen molar-refractivity contribution >= 4 is 17.7 Å². The quantitative estimate of drug-likeness (QED) is 0.662. The molecule has 0 N–H and O–H groups in total. The van der Waals surface area contributed by atoms with Gasteiger partial charge in [-0.05, 0) is 75.0 Å². The fourth-order valence-corrected chi connectivity index (χ4v) is 9.97. The van der Waals surface area contributed by atoms with Gasteiger partial charge in [-0.2, -0.15) is 16.9 Å². The SMILES string of the molecule is Cn1nc(C(=O)N2CCSCC2)c2c1CC[C@@H](N1CCN(C3C4CC5CC(C4)CC3C5)CC1)C2. The van der Waals surface area contributed by atoms with Crippen molar-refractivity contribution in [3.63, 3.8) is 0 Å². The van der Waals surface area contributed by atoms with Crippen LogP contribution in [0.1, 0.15) is 60.3 Å². The molecule has 1 atom stereocenters. The molecule has 34 heavy (non-hydrogen) atoms. The number of aryl methyl sites for hydroxylation is 1. The highest BCUT2D eigenvalue weighted by molar-refractivity contribution is 7.99. The highest BCUT2D eigenvalue weighted by atomic mass is 32.2. The number of hydrogen-bond donors (Lipinski definition) is 0. The molecule has 1 amide bonds. The standard InChI is InChI=1S/C27H41N5OS/c1-29-24-3-2-22(17-23(24)25(28-29)27(33)32-8-10-34-11-9-32)30-4-6-31(7-5-30)26-20-13-18-12-19(15-20)16-21(26)14-18/h18-22,26H,2-17H2,1H3/t18?,19?,20?,21?,22-,26?/m1/s1. The molecule has 0 aromatic carbocycles. The number of hydrogen-bond acceptors (Lipinski definition) is 5. The molecule has 4 bridgehead atoms. The van der Waals surface area contributed by atoms with Crippen LogP contribution in [0.2, 0.25) is 0 Å². The van der Waals surface area contributed by atoms with E-state index in [-0.39, 0.29) is 5.91 Å². The molecule has 7 heteroatoms. The first-order valence-electron chi connectivity index (χ1n) is 14.0. The Kier molecular flexibility index (Phi) is 5.74. The van der Waals surface area contributed by atoms with Crippen LogP contribution in [0.4, 0.5) is 0 Å². The monoisotopic (exact) mass is 483 g/mol. The maximum absolute atomic E-state index is 13.3. The van der Waals surface area contributed by atoms with Gasteiger partial charge in [0.15, 0.2) is 5.69 Å². The molecule has 1 aromatic rings. The average Bonchev–Trinajstić information content (AvgIpc) is 3.19. The van der Waals surface area contributed by atoms with E-state index in [4.69, 9.17) is 5.10 Å². The average molecular weight is 484 g/mol. The highest BCUT2D eigenvalue weighted by Gasteiger charge is 2.50. The Morgan fingerprint density at radius 2 is 1.53 bits per heavy atom. The number of carbonyl (C=O) groups is 1. The molecule has 186 valence electrons. The third-order valence-corrected chi connectivity index (χ3v) is 11.3. The lowest BCUT2D eigenvalue weighted by molar-refractivity contribution is -0.0794. The second-order valence-electron chi connectivity index (χ2n) is 12.2. The molecule has 2 aliphatic heterocycles. The highest BCUT2D eigenvalue weighted by Crippen LogP contribution is 2.55. The van der Waals surface area contributed by atoms with E-state index in [9.17, 15) is 4.79 Å². The molecule has 5 aliphatic carbocycles. The zero-order chi connectivity index (χ0) is 22.8. The van der Waals surface area contributed by atoms with Gasteiger partial charge in [0.05, 0.1) is 0 Å². The van der Waals surface area contributed by atoms with Crippen LogP contribution in [0.3, 0.4) is 0 Å². The van der Waals surface area contributed by atoms with Crippen LogP contribution < -0.4 is 0 Å². The van der Waals surface area contributed by atoms with E-state index in [2.05, 4.69) is 9.80 Å². The van der Waals surface area contributed by atoms with Gasteiger partial charge in [0.1, 0.15) is 0 Å². The molecule has 0 unspecified atom stereocenters. The molecule has 7 aliphatic rings. The maximum Gasteiger partial charge on any atom is 0.274 e. The van der Waals surface area contributed by atoms with Crippen molar-refractivity contribution in [3.05, 3.63) is 17.0 Å². The van der Waals surface area contributed by atoms with E-state index in [1.165, 1.54) is 69.5 Å². The molecule has 0 spiro atoms. The van der Waals surface area contributed by atoms with Gasteiger partial charge >= 0.3 is 0 Å². The number of carbonyl (C=O) groups excluding carboxylic acids is 1. The lowest BCUT2D eigenvalue weighted by atomic mass is 9.54. The summed E-state index contributed by atoms with van der Waals surface area (Å²) in [5.74, 6) is 6.40. The first-order valence-corrected chi connectivity index (χ1v) is 15.2. The minimum atomic E-state index is 0.171. The van der Waals surface area contributed by atoms with Gasteiger partial charge in [0.25, 0.3) is 5.91 Å². The van der Waals surface area contributed by atoms with E-state index >= 15 is 0 Å². The van der Waals surface area contributed by atoms with Gasteiger partial charge in [-0.25, -0.2) is 0 Å². The minimum Gasteiger partial charge on any atom is -0.336 e. The molecule has 2 saturated heterocycles. The number of piperazine rings is 1. The van der Waals surface area contributed by atoms with E-state index in [1.54, 1.807) is 6.42 Å². The van der Waals surface area contributed by atoms with Crippen LogP contribution in [-0.4, -0.2) is 93.2 Å². The lowest BCUT2D eigenvalue weighted by Crippen LogP contribution is -2.61. The first kappa shape index (κ1) is 22.2. The second-order valence-corrected chi connectivity index (χ2v) is 13.4. The van der Waals surface area contributed by atoms with Crippen molar-refractivity contribution in [1.82, 2.24) is 24.5 Å². The number of amides is 1. The van der Waals surface area contributed by atoms with Crippen LogP contribution in [0.25, 0.3) is 0 Å². The molecule has 3 heterocycles. The largest absolute Gasteiger partial charge is 0.336 e. The Labute approximate surface area is 208 Å². The topological polar surface area (TPSA) is 44.6 Å². The van der Waals surface area contributed by atoms with Gasteiger partial charge in [0.2, 0.25) is 0 Å². The van der Waals surface area contributed by atoms with Gasteiger partial charge in [-0.1, -0.05) is 0 Å². The summed E-state index contributed by atoms with van der Waals surface area (Å²) in [6, 6.07) is 1.46. The Bertz CT molecular complexity index is 904. The summed E-state index contributed by atoms with van der Waals surface area (Å²) < 4.78 is 2.00. The van der Waals surface area contributed by atoms with E-state index < -0.39 is 0 Å². The number of aromatic nitrogens is 2. The number of thioether (sulfide) groups is 1. The van der Waals surface area contributed by atoms with Crippen LogP contribution in [-0.2, 0) is 19.9 Å². The van der Waals surface area contributed by atoms with Crippen LogP contribution >= 0.6 is 11.8 Å². The Hall–Kier alpha value is -1.05. The zero-order valence-electron chi connectivity index (χ0n) is 20.8. The number of fused-ring (bicyclic) bond motifs is 1. The first-order chi connectivity index (χ1) is 16.6. The van der Waals surface area contributed by atoms with E-state index in [0.29, 0.717) is 6.04 Å². The van der Waals surface area contributed by atoms with Crippen molar-refractivity contribution < 1.29 is 4.79 Å². The van der Waals surface area contributed by atoms with Crippen LogP contribution in [0.15, 0.2) is 0 Å². The summed E-state index contributed by atoms with van der Waals surface area (Å²) in [6.07, 6.45) is 10.9. The molecule has 1 aromatic heterocycles. The van der Waals surface area contributed by atoms with Crippen molar-refractivity contribution in [2.45, 2.75) is 63.5 Å². The Morgan fingerprint density at radius 3 is 2.21 bits per heavy atom. The summed E-state index contributed by atoms with van der Waals surface area (Å²) in [7, 11) is 2.03. The molecule has 6 nitrogen and oxygen atoms in total. The molecule has 4 saturated carbocycles. The zero-order valence-corrected chi connectivity index (χ0v) is 21.6. The number of rotatable bonds is 3. The van der Waals surface area contributed by atoms with Crippen molar-refractivity contribution in [2.75, 3.05) is 50.8 Å². The summed E-state index contributed by atoms with van der Waals surface area (Å²) in [5.41, 5.74) is 3.31.